The van der Waals surface area contributed by atoms with Crippen LogP contribution in [0.1, 0.15) is 16.1 Å². The molecule has 50 valence electrons. The van der Waals surface area contributed by atoms with Gasteiger partial charge in [-0.1, -0.05) is 0 Å². The zero-order valence-electron chi connectivity index (χ0n) is 4.89. The number of nitriles is 1. The fourth-order valence-electron chi connectivity index (χ4n) is 0.594. The average molecular weight is 199 g/mol. The first kappa shape index (κ1) is 7.03. The third kappa shape index (κ3) is 1.09. The van der Waals surface area contributed by atoms with Crippen LogP contribution in [0.2, 0.25) is 0 Å². The van der Waals surface area contributed by atoms with E-state index >= 15 is 0 Å². The number of nitrogens with one attached hydrogen (secondary N) is 1. The van der Waals surface area contributed by atoms with Crippen molar-refractivity contribution in [3.05, 3.63) is 21.9 Å². The number of hydrogen-bond donors (Lipinski definition) is 1. The van der Waals surface area contributed by atoms with Crippen molar-refractivity contribution in [3.63, 3.8) is 0 Å². The maximum atomic E-state index is 10.1. The Morgan fingerprint density at radius 3 is 2.80 bits per heavy atom. The van der Waals surface area contributed by atoms with Gasteiger partial charge in [0.05, 0.1) is 11.3 Å². The van der Waals surface area contributed by atoms with Gasteiger partial charge in [-0.25, -0.2) is 0 Å². The highest BCUT2D eigenvalue weighted by atomic mass is 79.9. The summed E-state index contributed by atoms with van der Waals surface area (Å²) in [5.74, 6) is 0. The van der Waals surface area contributed by atoms with Gasteiger partial charge in [-0.2, -0.15) is 5.26 Å². The molecule has 0 fully saturated rings. The van der Waals surface area contributed by atoms with Gasteiger partial charge >= 0.3 is 0 Å². The van der Waals surface area contributed by atoms with E-state index in [1.165, 1.54) is 6.07 Å². The molecular formula is C6H3BrN2O. The molecule has 0 aliphatic rings. The van der Waals surface area contributed by atoms with E-state index in [0.29, 0.717) is 22.1 Å². The SMILES string of the molecule is N#Cc1cc(C=O)[nH]c1Br. The predicted molar refractivity (Wildman–Crippen MR) is 38.6 cm³/mol. The summed E-state index contributed by atoms with van der Waals surface area (Å²) in [6.07, 6.45) is 0.658. The van der Waals surface area contributed by atoms with Crippen molar-refractivity contribution >= 4 is 22.2 Å². The number of carbonyl (C=O) groups excluding carboxylic acids is 1. The normalized spacial score (nSPS) is 8.80. The van der Waals surface area contributed by atoms with E-state index in [1.54, 1.807) is 0 Å². The number of carbonyl (C=O) groups is 1. The van der Waals surface area contributed by atoms with Crippen LogP contribution in [0.4, 0.5) is 0 Å². The van der Waals surface area contributed by atoms with Crippen molar-refractivity contribution in [2.75, 3.05) is 0 Å². The van der Waals surface area contributed by atoms with Crippen LogP contribution in [0.3, 0.4) is 0 Å². The van der Waals surface area contributed by atoms with Gasteiger partial charge < -0.3 is 4.98 Å². The summed E-state index contributed by atoms with van der Waals surface area (Å²) >= 11 is 3.08. The molecule has 4 heteroatoms. The molecule has 0 aliphatic carbocycles. The summed E-state index contributed by atoms with van der Waals surface area (Å²) in [5, 5.41) is 8.41. The van der Waals surface area contributed by atoms with Crippen LogP contribution < -0.4 is 0 Å². The molecule has 1 N–H and O–H groups in total. The lowest BCUT2D eigenvalue weighted by atomic mass is 10.3. The lowest BCUT2D eigenvalue weighted by Crippen LogP contribution is -1.74. The summed E-state index contributed by atoms with van der Waals surface area (Å²) in [6, 6.07) is 3.40. The number of halogens is 1. The minimum atomic E-state index is 0.406. The molecule has 0 aromatic carbocycles. The molecule has 3 nitrogen and oxygen atoms in total. The number of nitrogens with zero attached hydrogens (tertiary/aromatic N) is 1. The maximum absolute atomic E-state index is 10.1. The second-order valence-electron chi connectivity index (χ2n) is 1.68. The molecule has 0 spiro atoms. The van der Waals surface area contributed by atoms with Gasteiger partial charge in [0.25, 0.3) is 0 Å². The van der Waals surface area contributed by atoms with Crippen LogP contribution in [-0.2, 0) is 0 Å². The van der Waals surface area contributed by atoms with Gasteiger partial charge in [-0.05, 0) is 22.0 Å². The molecule has 0 aliphatic heterocycles. The number of H-pyrrole nitrogens is 1. The standard InChI is InChI=1S/C6H3BrN2O/c7-6-4(2-8)1-5(3-10)9-6/h1,3,9H. The molecule has 1 rings (SSSR count). The first-order valence-corrected chi connectivity index (χ1v) is 3.31. The fourth-order valence-corrected chi connectivity index (χ4v) is 1.03. The highest BCUT2D eigenvalue weighted by molar-refractivity contribution is 9.10. The van der Waals surface area contributed by atoms with Crippen molar-refractivity contribution < 1.29 is 4.79 Å². The van der Waals surface area contributed by atoms with E-state index in [2.05, 4.69) is 20.9 Å². The fraction of sp³-hybridized carbons (Fsp3) is 0. The van der Waals surface area contributed by atoms with Crippen LogP contribution in [0.5, 0.6) is 0 Å². The van der Waals surface area contributed by atoms with Crippen molar-refractivity contribution in [2.24, 2.45) is 0 Å². The number of aldehydes is 1. The minimum absolute atomic E-state index is 0.406. The van der Waals surface area contributed by atoms with Crippen LogP contribution >= 0.6 is 15.9 Å². The Kier molecular flexibility index (Phi) is 1.88. The molecule has 0 bridgehead atoms. The Labute approximate surface area is 65.8 Å². The summed E-state index contributed by atoms with van der Waals surface area (Å²) in [5.41, 5.74) is 0.852. The quantitative estimate of drug-likeness (QED) is 0.696. The van der Waals surface area contributed by atoms with Crippen molar-refractivity contribution in [1.82, 2.24) is 4.98 Å². The van der Waals surface area contributed by atoms with E-state index in [0.717, 1.165) is 0 Å². The first-order chi connectivity index (χ1) is 4.77. The monoisotopic (exact) mass is 198 g/mol. The smallest absolute Gasteiger partial charge is 0.166 e. The Balaban J connectivity index is 3.19. The second-order valence-corrected chi connectivity index (χ2v) is 2.47. The van der Waals surface area contributed by atoms with Gasteiger partial charge in [0, 0.05) is 0 Å². The highest BCUT2D eigenvalue weighted by Crippen LogP contribution is 2.14. The Morgan fingerprint density at radius 2 is 2.50 bits per heavy atom. The van der Waals surface area contributed by atoms with E-state index in [-0.39, 0.29) is 0 Å². The van der Waals surface area contributed by atoms with Crippen molar-refractivity contribution in [3.8, 4) is 6.07 Å². The maximum Gasteiger partial charge on any atom is 0.166 e. The summed E-state index contributed by atoms with van der Waals surface area (Å²) in [7, 11) is 0. The Hall–Kier alpha value is -1.08. The van der Waals surface area contributed by atoms with Gasteiger partial charge in [0.1, 0.15) is 10.7 Å². The topological polar surface area (TPSA) is 56.6 Å². The lowest BCUT2D eigenvalue weighted by molar-refractivity contribution is 0.111. The molecule has 0 saturated carbocycles. The minimum Gasteiger partial charge on any atom is -0.346 e. The van der Waals surface area contributed by atoms with Gasteiger partial charge in [-0.15, -0.1) is 0 Å². The molecule has 0 saturated heterocycles. The third-order valence-electron chi connectivity index (χ3n) is 1.04. The van der Waals surface area contributed by atoms with Crippen LogP contribution in [-0.4, -0.2) is 11.3 Å². The van der Waals surface area contributed by atoms with Gasteiger partial charge in [0.2, 0.25) is 0 Å². The molecule has 1 heterocycles. The highest BCUT2D eigenvalue weighted by Gasteiger charge is 2.02. The van der Waals surface area contributed by atoms with Gasteiger partial charge in [0.15, 0.2) is 6.29 Å². The third-order valence-corrected chi connectivity index (χ3v) is 1.66. The number of hydrogen-bond acceptors (Lipinski definition) is 2. The number of aromatic amines is 1. The molecule has 1 aromatic rings. The van der Waals surface area contributed by atoms with Crippen molar-refractivity contribution in [2.45, 2.75) is 0 Å². The molecular weight excluding hydrogens is 196 g/mol. The van der Waals surface area contributed by atoms with E-state index in [4.69, 9.17) is 5.26 Å². The molecule has 0 atom stereocenters. The summed E-state index contributed by atoms with van der Waals surface area (Å²) in [4.78, 5) is 12.8. The molecule has 10 heavy (non-hydrogen) atoms. The van der Waals surface area contributed by atoms with E-state index in [9.17, 15) is 4.79 Å². The van der Waals surface area contributed by atoms with Gasteiger partial charge in [-0.3, -0.25) is 4.79 Å². The number of rotatable bonds is 1. The summed E-state index contributed by atoms with van der Waals surface area (Å²) < 4.78 is 0.553. The number of aromatic nitrogens is 1. The Morgan fingerprint density at radius 1 is 1.80 bits per heavy atom. The zero-order valence-corrected chi connectivity index (χ0v) is 6.47. The van der Waals surface area contributed by atoms with Crippen LogP contribution in [0, 0.1) is 11.3 Å². The average Bonchev–Trinajstić information content (AvgIpc) is 2.30. The zero-order chi connectivity index (χ0) is 7.56. The molecule has 1 aromatic heterocycles. The predicted octanol–water partition coefficient (Wildman–Crippen LogP) is 1.46. The molecule has 0 unspecified atom stereocenters. The van der Waals surface area contributed by atoms with Crippen LogP contribution in [0.15, 0.2) is 10.7 Å². The second kappa shape index (κ2) is 2.67. The molecule has 0 radical (unpaired) electrons. The van der Waals surface area contributed by atoms with Crippen LogP contribution in [0.25, 0.3) is 0 Å². The van der Waals surface area contributed by atoms with E-state index in [1.807, 2.05) is 6.07 Å². The first-order valence-electron chi connectivity index (χ1n) is 2.51. The van der Waals surface area contributed by atoms with Crippen molar-refractivity contribution in [1.29, 1.82) is 5.26 Å². The summed E-state index contributed by atoms with van der Waals surface area (Å²) in [6.45, 7) is 0. The van der Waals surface area contributed by atoms with E-state index < -0.39 is 0 Å². The lowest BCUT2D eigenvalue weighted by Gasteiger charge is -1.77. The molecule has 0 amide bonds. The largest absolute Gasteiger partial charge is 0.346 e. The Bertz CT molecular complexity index is 297.